The summed E-state index contributed by atoms with van der Waals surface area (Å²) in [7, 11) is 2.19. The molecule has 2 saturated heterocycles. The molecular weight excluding hydrogens is 236 g/mol. The van der Waals surface area contributed by atoms with E-state index < -0.39 is 0 Å². The molecule has 0 aromatic heterocycles. The van der Waals surface area contributed by atoms with Crippen molar-refractivity contribution < 1.29 is 5.11 Å². The number of hydrogen-bond acceptors (Lipinski definition) is 3. The lowest BCUT2D eigenvalue weighted by Gasteiger charge is -2.35. The van der Waals surface area contributed by atoms with Crippen molar-refractivity contribution in [3.8, 4) is 5.75 Å². The maximum Gasteiger partial charge on any atom is 0.120 e. The predicted molar refractivity (Wildman–Crippen MR) is 77.3 cm³/mol. The average Bonchev–Trinajstić information content (AvgIpc) is 2.72. The molecule has 3 nitrogen and oxygen atoms in total. The molecule has 2 N–H and O–H groups in total. The molecule has 2 aliphatic rings. The smallest absolute Gasteiger partial charge is 0.120 e. The summed E-state index contributed by atoms with van der Waals surface area (Å²) in [6.45, 7) is 2.92. The third-order valence-corrected chi connectivity index (χ3v) is 4.73. The Morgan fingerprint density at radius 2 is 1.95 bits per heavy atom. The SMILES string of the molecule is Cc1ccc(O)c(CN(C)C2CC3CCC(C2)N3)c1. The molecule has 0 aliphatic carbocycles. The van der Waals surface area contributed by atoms with Gasteiger partial charge in [0.15, 0.2) is 0 Å². The monoisotopic (exact) mass is 260 g/mol. The number of phenolic OH excluding ortho intramolecular Hbond substituents is 1. The lowest BCUT2D eigenvalue weighted by atomic mass is 9.98. The molecule has 0 radical (unpaired) electrons. The first-order valence-electron chi connectivity index (χ1n) is 7.36. The van der Waals surface area contributed by atoms with E-state index in [-0.39, 0.29) is 0 Å². The van der Waals surface area contributed by atoms with E-state index in [1.54, 1.807) is 0 Å². The van der Waals surface area contributed by atoms with E-state index >= 15 is 0 Å². The minimum atomic E-state index is 0.425. The van der Waals surface area contributed by atoms with Crippen LogP contribution in [-0.2, 0) is 6.54 Å². The van der Waals surface area contributed by atoms with Gasteiger partial charge in [-0.3, -0.25) is 4.90 Å². The van der Waals surface area contributed by atoms with Crippen molar-refractivity contribution in [2.24, 2.45) is 0 Å². The van der Waals surface area contributed by atoms with Crippen molar-refractivity contribution in [2.45, 2.75) is 57.3 Å². The number of benzene rings is 1. The summed E-state index contributed by atoms with van der Waals surface area (Å²) in [5.74, 6) is 0.425. The lowest BCUT2D eigenvalue weighted by molar-refractivity contribution is 0.164. The van der Waals surface area contributed by atoms with Crippen molar-refractivity contribution in [3.05, 3.63) is 29.3 Å². The minimum Gasteiger partial charge on any atom is -0.508 e. The molecular formula is C16H24N2O. The van der Waals surface area contributed by atoms with Crippen LogP contribution in [0.2, 0.25) is 0 Å². The first-order valence-corrected chi connectivity index (χ1v) is 7.36. The Bertz CT molecular complexity index is 448. The molecule has 3 rings (SSSR count). The van der Waals surface area contributed by atoms with E-state index in [2.05, 4.69) is 30.3 Å². The fourth-order valence-corrected chi connectivity index (χ4v) is 3.63. The summed E-state index contributed by atoms with van der Waals surface area (Å²) in [6.07, 6.45) is 5.18. The second-order valence-corrected chi connectivity index (χ2v) is 6.31. The van der Waals surface area contributed by atoms with Crippen LogP contribution in [0.15, 0.2) is 18.2 Å². The number of rotatable bonds is 3. The quantitative estimate of drug-likeness (QED) is 0.876. The van der Waals surface area contributed by atoms with E-state index in [1.807, 2.05) is 12.1 Å². The summed E-state index contributed by atoms with van der Waals surface area (Å²) < 4.78 is 0. The molecule has 2 unspecified atom stereocenters. The van der Waals surface area contributed by atoms with E-state index in [1.165, 1.54) is 31.2 Å². The highest BCUT2D eigenvalue weighted by molar-refractivity contribution is 5.35. The number of aromatic hydroxyl groups is 1. The zero-order chi connectivity index (χ0) is 13.4. The first-order chi connectivity index (χ1) is 9.11. The normalized spacial score (nSPS) is 29.9. The second-order valence-electron chi connectivity index (χ2n) is 6.31. The van der Waals surface area contributed by atoms with Crippen molar-refractivity contribution in [1.82, 2.24) is 10.2 Å². The summed E-state index contributed by atoms with van der Waals surface area (Å²) >= 11 is 0. The lowest BCUT2D eigenvalue weighted by Crippen LogP contribution is -2.46. The average molecular weight is 260 g/mol. The van der Waals surface area contributed by atoms with E-state index in [9.17, 15) is 5.11 Å². The molecule has 2 atom stereocenters. The fourth-order valence-electron chi connectivity index (χ4n) is 3.63. The molecule has 1 aromatic carbocycles. The molecule has 2 aliphatic heterocycles. The Hall–Kier alpha value is -1.06. The van der Waals surface area contributed by atoms with E-state index in [0.717, 1.165) is 24.2 Å². The Morgan fingerprint density at radius 3 is 2.63 bits per heavy atom. The highest BCUT2D eigenvalue weighted by atomic mass is 16.3. The zero-order valence-electron chi connectivity index (χ0n) is 11.9. The predicted octanol–water partition coefficient (Wildman–Crippen LogP) is 2.42. The highest BCUT2D eigenvalue weighted by Gasteiger charge is 2.35. The number of hydrogen-bond donors (Lipinski definition) is 2. The van der Waals surface area contributed by atoms with Crippen LogP contribution in [0.3, 0.4) is 0 Å². The van der Waals surface area contributed by atoms with Crippen LogP contribution < -0.4 is 5.32 Å². The summed E-state index contributed by atoms with van der Waals surface area (Å²) in [6, 6.07) is 7.96. The molecule has 2 heterocycles. The Kier molecular flexibility index (Phi) is 3.50. The second kappa shape index (κ2) is 5.14. The molecule has 104 valence electrons. The molecule has 1 aromatic rings. The topological polar surface area (TPSA) is 35.5 Å². The molecule has 2 bridgehead atoms. The van der Waals surface area contributed by atoms with Gasteiger partial charge in [-0.1, -0.05) is 17.7 Å². The van der Waals surface area contributed by atoms with Gasteiger partial charge in [0, 0.05) is 30.2 Å². The third-order valence-electron chi connectivity index (χ3n) is 4.73. The minimum absolute atomic E-state index is 0.425. The van der Waals surface area contributed by atoms with Crippen LogP contribution in [-0.4, -0.2) is 35.2 Å². The number of phenols is 1. The summed E-state index contributed by atoms with van der Waals surface area (Å²) in [4.78, 5) is 2.42. The van der Waals surface area contributed by atoms with Gasteiger partial charge in [0.05, 0.1) is 0 Å². The van der Waals surface area contributed by atoms with Gasteiger partial charge in [0.25, 0.3) is 0 Å². The van der Waals surface area contributed by atoms with Gasteiger partial charge >= 0.3 is 0 Å². The number of fused-ring (bicyclic) bond motifs is 2. The van der Waals surface area contributed by atoms with Crippen molar-refractivity contribution >= 4 is 0 Å². The van der Waals surface area contributed by atoms with Gasteiger partial charge in [-0.05, 0) is 45.7 Å². The molecule has 0 spiro atoms. The molecule has 3 heteroatoms. The highest BCUT2D eigenvalue weighted by Crippen LogP contribution is 2.30. The van der Waals surface area contributed by atoms with Gasteiger partial charge in [-0.2, -0.15) is 0 Å². The molecule has 0 amide bonds. The Labute approximate surface area is 115 Å². The number of nitrogens with zero attached hydrogens (tertiary/aromatic N) is 1. The van der Waals surface area contributed by atoms with Crippen LogP contribution in [0.4, 0.5) is 0 Å². The van der Waals surface area contributed by atoms with Crippen LogP contribution in [0.1, 0.15) is 36.8 Å². The Balaban J connectivity index is 1.67. The largest absolute Gasteiger partial charge is 0.508 e. The van der Waals surface area contributed by atoms with Gasteiger partial charge in [-0.15, -0.1) is 0 Å². The number of aryl methyl sites for hydroxylation is 1. The zero-order valence-corrected chi connectivity index (χ0v) is 11.9. The molecule has 2 fully saturated rings. The number of piperidine rings is 1. The van der Waals surface area contributed by atoms with Crippen LogP contribution in [0, 0.1) is 6.92 Å². The van der Waals surface area contributed by atoms with Crippen LogP contribution in [0.25, 0.3) is 0 Å². The van der Waals surface area contributed by atoms with Gasteiger partial charge in [0.1, 0.15) is 5.75 Å². The van der Waals surface area contributed by atoms with E-state index in [0.29, 0.717) is 11.8 Å². The molecule has 0 saturated carbocycles. The van der Waals surface area contributed by atoms with Gasteiger partial charge in [-0.25, -0.2) is 0 Å². The summed E-state index contributed by atoms with van der Waals surface area (Å²) in [5.41, 5.74) is 2.26. The maximum atomic E-state index is 9.96. The number of nitrogens with one attached hydrogen (secondary N) is 1. The van der Waals surface area contributed by atoms with Crippen molar-refractivity contribution in [1.29, 1.82) is 0 Å². The Morgan fingerprint density at radius 1 is 1.26 bits per heavy atom. The molecule has 19 heavy (non-hydrogen) atoms. The van der Waals surface area contributed by atoms with Gasteiger partial charge in [0.2, 0.25) is 0 Å². The van der Waals surface area contributed by atoms with Crippen LogP contribution >= 0.6 is 0 Å². The fraction of sp³-hybridized carbons (Fsp3) is 0.625. The van der Waals surface area contributed by atoms with E-state index in [4.69, 9.17) is 0 Å². The van der Waals surface area contributed by atoms with Crippen molar-refractivity contribution in [3.63, 3.8) is 0 Å². The summed E-state index contributed by atoms with van der Waals surface area (Å²) in [5, 5.41) is 13.6. The standard InChI is InChI=1S/C16H24N2O/c1-11-3-6-16(19)12(7-11)10-18(2)15-8-13-4-5-14(9-15)17-13/h3,6-7,13-15,17,19H,4-5,8-10H2,1-2H3. The third kappa shape index (κ3) is 2.77. The van der Waals surface area contributed by atoms with Gasteiger partial charge < -0.3 is 10.4 Å². The van der Waals surface area contributed by atoms with Crippen LogP contribution in [0.5, 0.6) is 5.75 Å². The first kappa shape index (κ1) is 12.9. The van der Waals surface area contributed by atoms with Crippen molar-refractivity contribution in [2.75, 3.05) is 7.05 Å². The maximum absolute atomic E-state index is 9.96.